The number of carbonyl (C=O) groups is 3. The third-order valence-corrected chi connectivity index (χ3v) is 7.71. The highest BCUT2D eigenvalue weighted by atomic mass is 31.2. The summed E-state index contributed by atoms with van der Waals surface area (Å²) in [7, 11) is -4.03. The molecule has 0 aliphatic rings. The SMILES string of the molecule is CCCCCCCCONC(=O)c1ncnc2c1ncn2CCOCP(=O)(OCOC(=O)C(C)(C)C)OCOC(=O)C(C)(C)C. The molecule has 16 heteroatoms. The molecule has 2 aromatic rings. The number of ether oxygens (including phenoxy) is 3. The molecule has 0 radical (unpaired) electrons. The molecular weight excluding hydrogens is 609 g/mol. The number of aromatic nitrogens is 4. The second-order valence-corrected chi connectivity index (χ2v) is 14.4. The molecule has 45 heavy (non-hydrogen) atoms. The quantitative estimate of drug-likeness (QED) is 0.0651. The third kappa shape index (κ3) is 13.5. The van der Waals surface area contributed by atoms with Gasteiger partial charge in [-0.3, -0.25) is 32.8 Å². The van der Waals surface area contributed by atoms with Crippen LogP contribution >= 0.6 is 7.60 Å². The Morgan fingerprint density at radius 3 is 2.04 bits per heavy atom. The minimum Gasteiger partial charge on any atom is -0.438 e. The number of nitrogens with zero attached hydrogens (tertiary/aromatic N) is 4. The van der Waals surface area contributed by atoms with E-state index in [2.05, 4.69) is 27.4 Å². The molecule has 0 saturated carbocycles. The van der Waals surface area contributed by atoms with Gasteiger partial charge in [0.25, 0.3) is 5.91 Å². The first-order valence-electron chi connectivity index (χ1n) is 15.1. The van der Waals surface area contributed by atoms with Crippen LogP contribution in [0, 0.1) is 10.8 Å². The largest absolute Gasteiger partial charge is 0.438 e. The molecule has 0 aromatic carbocycles. The van der Waals surface area contributed by atoms with Crippen molar-refractivity contribution in [1.82, 2.24) is 25.0 Å². The summed E-state index contributed by atoms with van der Waals surface area (Å²) in [4.78, 5) is 54.7. The zero-order valence-corrected chi connectivity index (χ0v) is 28.4. The average Bonchev–Trinajstić information content (AvgIpc) is 3.38. The van der Waals surface area contributed by atoms with Crippen molar-refractivity contribution in [2.75, 3.05) is 33.1 Å². The van der Waals surface area contributed by atoms with Crippen LogP contribution in [-0.4, -0.2) is 70.5 Å². The van der Waals surface area contributed by atoms with Crippen LogP contribution in [0.25, 0.3) is 11.2 Å². The molecule has 1 amide bonds. The number of carbonyl (C=O) groups excluding carboxylic acids is 3. The van der Waals surface area contributed by atoms with Crippen LogP contribution in [0.1, 0.15) is 97.5 Å². The van der Waals surface area contributed by atoms with Crippen LogP contribution in [-0.2, 0) is 48.8 Å². The van der Waals surface area contributed by atoms with Crippen LogP contribution in [0.15, 0.2) is 12.7 Å². The normalized spacial score (nSPS) is 12.3. The summed E-state index contributed by atoms with van der Waals surface area (Å²) in [6.45, 7) is 11.4. The van der Waals surface area contributed by atoms with E-state index in [-0.39, 0.29) is 24.4 Å². The smallest absolute Gasteiger partial charge is 0.361 e. The number of nitrogens with one attached hydrogen (secondary N) is 1. The first-order valence-corrected chi connectivity index (χ1v) is 16.8. The van der Waals surface area contributed by atoms with Crippen molar-refractivity contribution in [1.29, 1.82) is 0 Å². The number of hydrogen-bond donors (Lipinski definition) is 1. The van der Waals surface area contributed by atoms with Crippen LogP contribution in [0.2, 0.25) is 0 Å². The van der Waals surface area contributed by atoms with Crippen LogP contribution < -0.4 is 5.48 Å². The summed E-state index contributed by atoms with van der Waals surface area (Å²) in [5, 5.41) is 0. The zero-order chi connectivity index (χ0) is 33.5. The first-order chi connectivity index (χ1) is 21.2. The summed E-state index contributed by atoms with van der Waals surface area (Å²) in [5.74, 6) is -1.68. The number of rotatable bonds is 20. The molecule has 2 heterocycles. The summed E-state index contributed by atoms with van der Waals surface area (Å²) >= 11 is 0. The van der Waals surface area contributed by atoms with E-state index in [9.17, 15) is 18.9 Å². The number of imidazole rings is 1. The van der Waals surface area contributed by atoms with Crippen LogP contribution in [0.3, 0.4) is 0 Å². The predicted octanol–water partition coefficient (Wildman–Crippen LogP) is 5.14. The first kappa shape index (κ1) is 38.2. The van der Waals surface area contributed by atoms with Crippen molar-refractivity contribution in [2.45, 2.75) is 93.5 Å². The third-order valence-electron chi connectivity index (χ3n) is 6.21. The Morgan fingerprint density at radius 1 is 0.844 bits per heavy atom. The highest BCUT2D eigenvalue weighted by Crippen LogP contribution is 2.48. The van der Waals surface area contributed by atoms with Gasteiger partial charge in [-0.25, -0.2) is 20.4 Å². The molecule has 15 nitrogen and oxygen atoms in total. The lowest BCUT2D eigenvalue weighted by Crippen LogP contribution is -2.25. The Labute approximate surface area is 264 Å². The maximum absolute atomic E-state index is 13.3. The van der Waals surface area contributed by atoms with E-state index in [1.807, 2.05) is 0 Å². The van der Waals surface area contributed by atoms with E-state index in [4.69, 9.17) is 28.1 Å². The van der Waals surface area contributed by atoms with Gasteiger partial charge in [0, 0.05) is 6.54 Å². The second-order valence-electron chi connectivity index (χ2n) is 12.4. The Morgan fingerprint density at radius 2 is 1.44 bits per heavy atom. The van der Waals surface area contributed by atoms with Gasteiger partial charge in [0.1, 0.15) is 18.2 Å². The Balaban J connectivity index is 1.92. The minimum absolute atomic E-state index is 0.0125. The predicted molar refractivity (Wildman–Crippen MR) is 164 cm³/mol. The molecule has 2 rings (SSSR count). The number of amides is 1. The Kier molecular flexibility index (Phi) is 15.5. The molecule has 0 saturated heterocycles. The lowest BCUT2D eigenvalue weighted by molar-refractivity contribution is -0.162. The van der Waals surface area contributed by atoms with E-state index >= 15 is 0 Å². The molecule has 0 aliphatic heterocycles. The number of esters is 2. The Bertz CT molecular complexity index is 1250. The maximum Gasteiger partial charge on any atom is 0.361 e. The van der Waals surface area contributed by atoms with Gasteiger partial charge in [-0.1, -0.05) is 39.0 Å². The standard InChI is InChI=1S/C29H48N5O10P/c1-8-9-10-11-12-13-15-42-33-25(35)23-22-24(31-17-30-23)34(18-32-22)14-16-39-21-45(38,43-19-40-26(36)28(2,3)4)44-20-41-27(37)29(5,6)7/h17-18H,8-16,19-21H2,1-7H3,(H,33,35). The summed E-state index contributed by atoms with van der Waals surface area (Å²) < 4.78 is 41.1. The van der Waals surface area contributed by atoms with E-state index in [0.29, 0.717) is 12.3 Å². The van der Waals surface area contributed by atoms with Gasteiger partial charge in [0.2, 0.25) is 13.6 Å². The van der Waals surface area contributed by atoms with Gasteiger partial charge < -0.3 is 18.8 Å². The molecule has 0 bridgehead atoms. The van der Waals surface area contributed by atoms with Gasteiger partial charge >= 0.3 is 19.5 Å². The minimum atomic E-state index is -4.03. The molecule has 0 unspecified atom stereocenters. The molecule has 254 valence electrons. The summed E-state index contributed by atoms with van der Waals surface area (Å²) in [6, 6.07) is 0. The average molecular weight is 658 g/mol. The van der Waals surface area contributed by atoms with Crippen LogP contribution in [0.4, 0.5) is 0 Å². The molecule has 0 aliphatic carbocycles. The monoisotopic (exact) mass is 657 g/mol. The highest BCUT2D eigenvalue weighted by molar-refractivity contribution is 7.53. The van der Waals surface area contributed by atoms with Gasteiger partial charge in [-0.05, 0) is 48.0 Å². The molecule has 1 N–H and O–H groups in total. The fraction of sp³-hybridized carbons (Fsp3) is 0.724. The molecular formula is C29H48N5O10P. The van der Waals surface area contributed by atoms with Crippen molar-refractivity contribution in [3.05, 3.63) is 18.3 Å². The van der Waals surface area contributed by atoms with Gasteiger partial charge in [0.05, 0.1) is 30.4 Å². The zero-order valence-electron chi connectivity index (χ0n) is 27.5. The lowest BCUT2D eigenvalue weighted by atomic mass is 9.98. The van der Waals surface area contributed by atoms with Gasteiger partial charge in [-0.15, -0.1) is 0 Å². The number of hydroxylamine groups is 1. The van der Waals surface area contributed by atoms with Crippen molar-refractivity contribution in [2.24, 2.45) is 10.8 Å². The number of hydrogen-bond acceptors (Lipinski definition) is 13. The Hall–Kier alpha value is -2.97. The molecule has 0 fully saturated rings. The second kappa shape index (κ2) is 18.2. The van der Waals surface area contributed by atoms with E-state index in [0.717, 1.165) is 19.3 Å². The molecule has 2 aromatic heterocycles. The topological polar surface area (TPSA) is 179 Å². The fourth-order valence-electron chi connectivity index (χ4n) is 3.53. The van der Waals surface area contributed by atoms with Gasteiger partial charge in [-0.2, -0.15) is 0 Å². The van der Waals surface area contributed by atoms with E-state index in [1.165, 1.54) is 31.9 Å². The van der Waals surface area contributed by atoms with Crippen molar-refractivity contribution in [3.63, 3.8) is 0 Å². The maximum atomic E-state index is 13.3. The van der Waals surface area contributed by atoms with E-state index in [1.54, 1.807) is 46.1 Å². The lowest BCUT2D eigenvalue weighted by Gasteiger charge is -2.22. The van der Waals surface area contributed by atoms with Crippen LogP contribution in [0.5, 0.6) is 0 Å². The highest BCUT2D eigenvalue weighted by Gasteiger charge is 2.30. The van der Waals surface area contributed by atoms with Crippen molar-refractivity contribution >= 4 is 36.6 Å². The van der Waals surface area contributed by atoms with Crippen molar-refractivity contribution < 1.29 is 47.0 Å². The summed E-state index contributed by atoms with van der Waals surface area (Å²) in [5.41, 5.74) is 1.53. The van der Waals surface area contributed by atoms with Gasteiger partial charge in [0.15, 0.2) is 11.3 Å². The number of fused-ring (bicyclic) bond motifs is 1. The van der Waals surface area contributed by atoms with Crippen molar-refractivity contribution in [3.8, 4) is 0 Å². The number of unbranched alkanes of at least 4 members (excludes halogenated alkanes) is 5. The molecule has 0 atom stereocenters. The van der Waals surface area contributed by atoms with E-state index < -0.39 is 56.2 Å². The fourth-order valence-corrected chi connectivity index (χ4v) is 4.54. The molecule has 0 spiro atoms. The summed E-state index contributed by atoms with van der Waals surface area (Å²) in [6.07, 6.45) is 8.79.